The molecule has 1 atom stereocenters. The fourth-order valence-electron chi connectivity index (χ4n) is 4.86. The van der Waals surface area contributed by atoms with Gasteiger partial charge in [0.15, 0.2) is 9.84 Å². The van der Waals surface area contributed by atoms with Crippen molar-refractivity contribution in [3.05, 3.63) is 81.8 Å². The normalized spacial score (nSPS) is 15.0. The molecule has 216 valence electrons. The Kier molecular flexibility index (Phi) is 7.75. The molecular weight excluding hydrogens is 559 g/mol. The summed E-state index contributed by atoms with van der Waals surface area (Å²) in [6, 6.07) is 9.02. The van der Waals surface area contributed by atoms with Crippen LogP contribution in [0.5, 0.6) is 0 Å². The van der Waals surface area contributed by atoms with Gasteiger partial charge in [-0.15, -0.1) is 0 Å². The maximum Gasteiger partial charge on any atom is 0.279 e. The van der Waals surface area contributed by atoms with Gasteiger partial charge < -0.3 is 15.1 Å². The SMILES string of the molecule is Cc1nc(N[C@H](C)c2cccc(C(F)F)c2F)c2cn(N3CCOCC3)c(=O)c(-c3ccc(S(C)(=O)=O)cc3)c2n1. The molecule has 0 amide bonds. The van der Waals surface area contributed by atoms with Gasteiger partial charge in [0.05, 0.1) is 59.3 Å². The van der Waals surface area contributed by atoms with Gasteiger partial charge in [0, 0.05) is 18.0 Å². The van der Waals surface area contributed by atoms with E-state index in [1.807, 2.05) is 5.01 Å². The topological polar surface area (TPSA) is 106 Å². The van der Waals surface area contributed by atoms with Crippen LogP contribution in [-0.4, -0.2) is 55.6 Å². The number of fused-ring (bicyclic) bond motifs is 1. The molecule has 41 heavy (non-hydrogen) atoms. The van der Waals surface area contributed by atoms with Crippen molar-refractivity contribution in [2.45, 2.75) is 31.2 Å². The number of aromatic nitrogens is 3. The van der Waals surface area contributed by atoms with Crippen molar-refractivity contribution < 1.29 is 26.3 Å². The standard InChI is InChI=1S/C28H28F3N5O4S/c1-16(20-5-4-6-21(24(20)29)26(30)31)32-27-22-15-36(35-11-13-40-14-12-35)28(37)23(25(22)33-17(2)34-27)18-7-9-19(10-8-18)41(3,38)39/h4-10,15-16,26H,11-14H2,1-3H3,(H,32,33,34)/t16-/m1/s1. The smallest absolute Gasteiger partial charge is 0.279 e. The molecule has 1 aliphatic heterocycles. The maximum absolute atomic E-state index is 15.0. The van der Waals surface area contributed by atoms with Crippen LogP contribution in [0.15, 0.2) is 58.4 Å². The fourth-order valence-corrected chi connectivity index (χ4v) is 5.49. The van der Waals surface area contributed by atoms with Crippen LogP contribution in [-0.2, 0) is 14.6 Å². The number of benzene rings is 2. The zero-order valence-corrected chi connectivity index (χ0v) is 23.4. The minimum atomic E-state index is -3.46. The predicted octanol–water partition coefficient (Wildman–Crippen LogP) is 4.39. The zero-order valence-electron chi connectivity index (χ0n) is 22.6. The molecule has 2 aromatic heterocycles. The number of aryl methyl sites for hydroxylation is 1. The van der Waals surface area contributed by atoms with Gasteiger partial charge in [-0.1, -0.05) is 30.3 Å². The van der Waals surface area contributed by atoms with E-state index >= 15 is 0 Å². The Morgan fingerprint density at radius 2 is 1.68 bits per heavy atom. The van der Waals surface area contributed by atoms with E-state index in [1.165, 1.54) is 28.9 Å². The summed E-state index contributed by atoms with van der Waals surface area (Å²) in [5.74, 6) is -0.418. The quantitative estimate of drug-likeness (QED) is 0.340. The van der Waals surface area contributed by atoms with E-state index < -0.39 is 33.7 Å². The number of hydrogen-bond acceptors (Lipinski definition) is 8. The van der Waals surface area contributed by atoms with Crippen LogP contribution in [0.1, 0.15) is 36.3 Å². The molecule has 0 radical (unpaired) electrons. The van der Waals surface area contributed by atoms with Crippen molar-refractivity contribution in [2.75, 3.05) is 42.9 Å². The third-order valence-electron chi connectivity index (χ3n) is 6.94. The Morgan fingerprint density at radius 3 is 2.32 bits per heavy atom. The molecule has 13 heteroatoms. The summed E-state index contributed by atoms with van der Waals surface area (Å²) in [4.78, 5) is 23.1. The molecule has 1 fully saturated rings. The van der Waals surface area contributed by atoms with Crippen LogP contribution in [0.2, 0.25) is 0 Å². The van der Waals surface area contributed by atoms with Crippen LogP contribution in [0.4, 0.5) is 19.0 Å². The monoisotopic (exact) mass is 587 g/mol. The number of alkyl halides is 2. The van der Waals surface area contributed by atoms with Gasteiger partial charge in [-0.25, -0.2) is 36.2 Å². The highest BCUT2D eigenvalue weighted by Gasteiger charge is 2.24. The summed E-state index contributed by atoms with van der Waals surface area (Å²) in [6.07, 6.45) is -0.276. The third-order valence-corrected chi connectivity index (χ3v) is 8.07. The van der Waals surface area contributed by atoms with E-state index in [0.29, 0.717) is 48.6 Å². The summed E-state index contributed by atoms with van der Waals surface area (Å²) in [6.45, 7) is 4.96. The molecule has 0 aliphatic carbocycles. The van der Waals surface area contributed by atoms with E-state index in [-0.39, 0.29) is 27.4 Å². The molecule has 2 aromatic carbocycles. The van der Waals surface area contributed by atoms with Gasteiger partial charge in [0.2, 0.25) is 0 Å². The molecule has 0 bridgehead atoms. The molecule has 1 aliphatic rings. The molecular formula is C28H28F3N5O4S. The summed E-state index contributed by atoms with van der Waals surface area (Å²) in [7, 11) is -3.46. The van der Waals surface area contributed by atoms with Crippen LogP contribution in [0.3, 0.4) is 0 Å². The molecule has 0 spiro atoms. The minimum Gasteiger partial charge on any atom is -0.378 e. The van der Waals surface area contributed by atoms with Gasteiger partial charge in [-0.05, 0) is 31.5 Å². The second-order valence-corrected chi connectivity index (χ2v) is 11.8. The van der Waals surface area contributed by atoms with Crippen molar-refractivity contribution in [1.82, 2.24) is 14.6 Å². The third kappa shape index (κ3) is 5.64. The average molecular weight is 588 g/mol. The van der Waals surface area contributed by atoms with Gasteiger partial charge in [0.1, 0.15) is 17.5 Å². The number of pyridine rings is 1. The van der Waals surface area contributed by atoms with Crippen molar-refractivity contribution in [3.63, 3.8) is 0 Å². The number of nitrogens with zero attached hydrogens (tertiary/aromatic N) is 4. The largest absolute Gasteiger partial charge is 0.378 e. The number of rotatable bonds is 7. The lowest BCUT2D eigenvalue weighted by atomic mass is 10.0. The van der Waals surface area contributed by atoms with Crippen LogP contribution >= 0.6 is 0 Å². The lowest BCUT2D eigenvalue weighted by Gasteiger charge is -2.31. The first-order valence-corrected chi connectivity index (χ1v) is 14.8. The molecule has 0 unspecified atom stereocenters. The second-order valence-electron chi connectivity index (χ2n) is 9.82. The number of anilines is 1. The number of halogens is 3. The summed E-state index contributed by atoms with van der Waals surface area (Å²) in [5, 5.41) is 5.38. The summed E-state index contributed by atoms with van der Waals surface area (Å²) in [5.41, 5.74) is -0.0648. The number of hydrogen-bond donors (Lipinski definition) is 1. The number of sulfone groups is 1. The van der Waals surface area contributed by atoms with Gasteiger partial charge in [0.25, 0.3) is 12.0 Å². The Labute approximate surface area is 234 Å². The minimum absolute atomic E-state index is 0.0327. The van der Waals surface area contributed by atoms with Gasteiger partial charge in [-0.3, -0.25) is 4.79 Å². The maximum atomic E-state index is 15.0. The van der Waals surface area contributed by atoms with Crippen molar-refractivity contribution in [2.24, 2.45) is 0 Å². The van der Waals surface area contributed by atoms with E-state index in [9.17, 15) is 26.4 Å². The van der Waals surface area contributed by atoms with Crippen molar-refractivity contribution in [3.8, 4) is 11.1 Å². The van der Waals surface area contributed by atoms with E-state index in [4.69, 9.17) is 4.74 Å². The number of morpholine rings is 1. The molecule has 3 heterocycles. The van der Waals surface area contributed by atoms with Gasteiger partial charge in [-0.2, -0.15) is 0 Å². The first kappa shape index (κ1) is 28.6. The molecule has 4 aromatic rings. The Hall–Kier alpha value is -3.97. The number of nitrogens with one attached hydrogen (secondary N) is 1. The number of ether oxygens (including phenoxy) is 1. The lowest BCUT2D eigenvalue weighted by molar-refractivity contribution is 0.111. The molecule has 0 saturated carbocycles. The van der Waals surface area contributed by atoms with E-state index in [2.05, 4.69) is 15.3 Å². The molecule has 9 nitrogen and oxygen atoms in total. The highest BCUT2D eigenvalue weighted by molar-refractivity contribution is 7.90. The Bertz CT molecular complexity index is 1770. The summed E-state index contributed by atoms with van der Waals surface area (Å²) >= 11 is 0. The summed E-state index contributed by atoms with van der Waals surface area (Å²) < 4.78 is 72.6. The first-order chi connectivity index (χ1) is 19.5. The highest BCUT2D eigenvalue weighted by Crippen LogP contribution is 2.33. The van der Waals surface area contributed by atoms with Crippen LogP contribution in [0.25, 0.3) is 22.0 Å². The van der Waals surface area contributed by atoms with Gasteiger partial charge >= 0.3 is 0 Å². The first-order valence-electron chi connectivity index (χ1n) is 12.9. The van der Waals surface area contributed by atoms with Crippen molar-refractivity contribution >= 4 is 26.6 Å². The van der Waals surface area contributed by atoms with E-state index in [0.717, 1.165) is 12.3 Å². The molecule has 1 saturated heterocycles. The van der Waals surface area contributed by atoms with Crippen LogP contribution in [0, 0.1) is 12.7 Å². The molecule has 1 N–H and O–H groups in total. The second kappa shape index (κ2) is 11.1. The van der Waals surface area contributed by atoms with Crippen molar-refractivity contribution in [1.29, 1.82) is 0 Å². The fraction of sp³-hybridized carbons (Fsp3) is 0.321. The predicted molar refractivity (Wildman–Crippen MR) is 149 cm³/mol. The van der Waals surface area contributed by atoms with E-state index in [1.54, 1.807) is 32.2 Å². The molecule has 5 rings (SSSR count). The lowest BCUT2D eigenvalue weighted by Crippen LogP contribution is -2.49. The highest BCUT2D eigenvalue weighted by atomic mass is 32.2. The Balaban J connectivity index is 1.70. The average Bonchev–Trinajstić information content (AvgIpc) is 2.92. The van der Waals surface area contributed by atoms with Crippen LogP contribution < -0.4 is 15.9 Å². The zero-order chi connectivity index (χ0) is 29.5. The Morgan fingerprint density at radius 1 is 1.02 bits per heavy atom.